The number of rotatable bonds is 4. The van der Waals surface area contributed by atoms with Gasteiger partial charge < -0.3 is 9.09 Å². The summed E-state index contributed by atoms with van der Waals surface area (Å²) in [4.78, 5) is 5.03. The van der Waals surface area contributed by atoms with Gasteiger partial charge >= 0.3 is 0 Å². The molecule has 6 rings (SSSR count). The van der Waals surface area contributed by atoms with Crippen LogP contribution in [0.2, 0.25) is 0 Å². The number of hydrogen-bond donors (Lipinski definition) is 0. The molecule has 0 fully saturated rings. The molecule has 0 bridgehead atoms. The van der Waals surface area contributed by atoms with Crippen LogP contribution in [0, 0.1) is 24.3 Å². The van der Waals surface area contributed by atoms with E-state index in [2.05, 4.69) is 65.3 Å². The predicted molar refractivity (Wildman–Crippen MR) is 164 cm³/mol. The van der Waals surface area contributed by atoms with Crippen molar-refractivity contribution >= 4 is 63.3 Å². The Morgan fingerprint density at radius 3 is 2.11 bits per heavy atom. The molecule has 3 aromatic carbocycles. The second-order valence-corrected chi connectivity index (χ2v) is 13.9. The van der Waals surface area contributed by atoms with Crippen molar-refractivity contribution in [2.75, 3.05) is 0 Å². The Hall–Kier alpha value is -3.00. The minimum Gasteiger partial charge on any atom is -0.458 e. The molecular formula is C29H24IN4OPS. The second-order valence-electron chi connectivity index (χ2n) is 8.96. The molecule has 2 aromatic heterocycles. The quantitative estimate of drug-likeness (QED) is 0.164. The summed E-state index contributed by atoms with van der Waals surface area (Å²) in [5, 5.41) is 6.84. The Morgan fingerprint density at radius 1 is 0.784 bits per heavy atom. The molecule has 0 saturated carbocycles. The molecule has 0 N–H and O–H groups in total. The average Bonchev–Trinajstić information content (AvgIpc) is 3.32. The van der Waals surface area contributed by atoms with Gasteiger partial charge in [0.15, 0.2) is 12.1 Å². The average molecular weight is 634 g/mol. The van der Waals surface area contributed by atoms with Crippen LogP contribution in [0.4, 0.5) is 5.82 Å². The highest BCUT2D eigenvalue weighted by Crippen LogP contribution is 2.52. The van der Waals surface area contributed by atoms with Crippen LogP contribution < -0.4 is 15.1 Å². The van der Waals surface area contributed by atoms with E-state index in [9.17, 15) is 0 Å². The summed E-state index contributed by atoms with van der Waals surface area (Å²) in [5.74, 6) is 1.48. The fraction of sp³-hybridized carbons (Fsp3) is 0.103. The van der Waals surface area contributed by atoms with Crippen molar-refractivity contribution in [3.05, 3.63) is 111 Å². The fourth-order valence-corrected chi connectivity index (χ4v) is 9.75. The van der Waals surface area contributed by atoms with E-state index in [4.69, 9.17) is 26.4 Å². The van der Waals surface area contributed by atoms with Gasteiger partial charge in [0, 0.05) is 32.4 Å². The molecule has 0 aliphatic carbocycles. The summed E-state index contributed by atoms with van der Waals surface area (Å²) in [6.45, 7) is 6.27. The third kappa shape index (κ3) is 4.00. The van der Waals surface area contributed by atoms with Crippen molar-refractivity contribution in [2.45, 2.75) is 20.8 Å². The molecule has 1 aliphatic heterocycles. The monoisotopic (exact) mass is 634 g/mol. The van der Waals surface area contributed by atoms with Gasteiger partial charge in [-0.1, -0.05) is 36.4 Å². The first kappa shape index (κ1) is 24.3. The second kappa shape index (κ2) is 9.39. The summed E-state index contributed by atoms with van der Waals surface area (Å²) < 4.78 is 12.2. The predicted octanol–water partition coefficient (Wildman–Crippen LogP) is 6.68. The molecule has 1 unspecified atom stereocenters. The maximum Gasteiger partial charge on any atom is 0.179 e. The van der Waals surface area contributed by atoms with Gasteiger partial charge in [-0.3, -0.25) is 0 Å². The normalized spacial score (nSPS) is 16.2. The largest absolute Gasteiger partial charge is 0.458 e. The van der Waals surface area contributed by atoms with Crippen molar-refractivity contribution in [1.29, 1.82) is 0 Å². The Labute approximate surface area is 235 Å². The molecule has 5 nitrogen and oxygen atoms in total. The molecule has 0 amide bonds. The van der Waals surface area contributed by atoms with Crippen LogP contribution in [0.5, 0.6) is 5.75 Å². The highest BCUT2D eigenvalue weighted by molar-refractivity contribution is 14.1. The highest BCUT2D eigenvalue weighted by atomic mass is 127. The lowest BCUT2D eigenvalue weighted by Gasteiger charge is -2.24. The van der Waals surface area contributed by atoms with Crippen LogP contribution in [-0.2, 0) is 11.8 Å². The highest BCUT2D eigenvalue weighted by Gasteiger charge is 2.40. The van der Waals surface area contributed by atoms with E-state index in [1.165, 1.54) is 3.57 Å². The van der Waals surface area contributed by atoms with Crippen LogP contribution in [-0.4, -0.2) is 20.6 Å². The molecule has 0 radical (unpaired) electrons. The molecule has 0 saturated heterocycles. The smallest absolute Gasteiger partial charge is 0.179 e. The van der Waals surface area contributed by atoms with E-state index >= 15 is 0 Å². The Morgan fingerprint density at radius 2 is 1.43 bits per heavy atom. The summed E-state index contributed by atoms with van der Waals surface area (Å²) in [7, 11) is 0. The van der Waals surface area contributed by atoms with Crippen LogP contribution in [0.1, 0.15) is 22.6 Å². The summed E-state index contributed by atoms with van der Waals surface area (Å²) in [5.41, 5.74) is 6.04. The molecule has 3 heterocycles. The van der Waals surface area contributed by atoms with Gasteiger partial charge in [0.25, 0.3) is 0 Å². The maximum absolute atomic E-state index is 6.89. The standard InChI is InChI=1S/C29H24IN4OPS/c1-19-27-29(34(32-19)24-10-6-4-7-11-24)31-18-26-20(2)33(23-16-14-22(30)15-17-23)21(3)28(26)36(27,37)35-25-12-8-5-9-13-25/h4-18H,1-3H3. The van der Waals surface area contributed by atoms with Gasteiger partial charge in [0.05, 0.1) is 22.0 Å². The molecule has 8 heteroatoms. The van der Waals surface area contributed by atoms with E-state index in [0.717, 1.165) is 56.2 Å². The Kier molecular flexibility index (Phi) is 6.18. The molecule has 1 atom stereocenters. The Balaban J connectivity index is 1.66. The summed E-state index contributed by atoms with van der Waals surface area (Å²) in [6.07, 6.45) is -0.920. The lowest BCUT2D eigenvalue weighted by atomic mass is 10.2. The topological polar surface area (TPSA) is 44.3 Å². The van der Waals surface area contributed by atoms with Crippen molar-refractivity contribution in [3.63, 3.8) is 0 Å². The third-order valence-electron chi connectivity index (χ3n) is 6.63. The summed E-state index contributed by atoms with van der Waals surface area (Å²) >= 11 is 8.99. The zero-order valence-electron chi connectivity index (χ0n) is 20.6. The SMILES string of the molecule is Cc1nn(-c2ccccc2)c2c1P(=S)(Oc1ccccc1)c1c(c(C)n(-c3ccc(I)cc3)c1C)C=N2. The molecule has 184 valence electrons. The number of para-hydroxylation sites is 2. The van der Waals surface area contributed by atoms with Gasteiger partial charge in [-0.15, -0.1) is 0 Å². The van der Waals surface area contributed by atoms with Gasteiger partial charge in [-0.25, -0.2) is 9.67 Å². The van der Waals surface area contributed by atoms with Crippen LogP contribution in [0.15, 0.2) is 89.9 Å². The number of aryl methyl sites for hydroxylation is 1. The lowest BCUT2D eigenvalue weighted by Crippen LogP contribution is -2.24. The Bertz CT molecular complexity index is 1710. The number of aliphatic imine (C=N–C) groups is 1. The van der Waals surface area contributed by atoms with E-state index < -0.39 is 6.26 Å². The first-order chi connectivity index (χ1) is 17.9. The molecule has 1 aliphatic rings. The van der Waals surface area contributed by atoms with Gasteiger partial charge in [0.1, 0.15) is 5.75 Å². The van der Waals surface area contributed by atoms with Crippen LogP contribution in [0.3, 0.4) is 0 Å². The van der Waals surface area contributed by atoms with E-state index in [-0.39, 0.29) is 0 Å². The molecule has 37 heavy (non-hydrogen) atoms. The third-order valence-corrected chi connectivity index (χ3v) is 11.4. The summed E-state index contributed by atoms with van der Waals surface area (Å²) in [6, 6.07) is 28.5. The van der Waals surface area contributed by atoms with E-state index in [1.54, 1.807) is 0 Å². The minimum atomic E-state index is -2.87. The maximum atomic E-state index is 6.89. The van der Waals surface area contributed by atoms with Crippen molar-refractivity contribution in [3.8, 4) is 17.1 Å². The van der Waals surface area contributed by atoms with E-state index in [1.807, 2.05) is 78.5 Å². The van der Waals surface area contributed by atoms with E-state index in [0.29, 0.717) is 0 Å². The van der Waals surface area contributed by atoms with Crippen molar-refractivity contribution in [2.24, 2.45) is 4.99 Å². The van der Waals surface area contributed by atoms with Crippen LogP contribution >= 0.6 is 28.9 Å². The molecule has 5 aromatic rings. The fourth-order valence-electron chi connectivity index (χ4n) is 5.02. The number of hydrogen-bond acceptors (Lipinski definition) is 4. The first-order valence-corrected chi connectivity index (χ1v) is 15.7. The molecular weight excluding hydrogens is 610 g/mol. The minimum absolute atomic E-state index is 0.735. The van der Waals surface area contributed by atoms with Crippen LogP contribution in [0.25, 0.3) is 11.4 Å². The number of aromatic nitrogens is 3. The number of nitrogens with zero attached hydrogens (tertiary/aromatic N) is 4. The van der Waals surface area contributed by atoms with Crippen molar-refractivity contribution in [1.82, 2.24) is 14.3 Å². The van der Waals surface area contributed by atoms with Gasteiger partial charge in [-0.05, 0) is 104 Å². The van der Waals surface area contributed by atoms with Gasteiger partial charge in [0.2, 0.25) is 0 Å². The van der Waals surface area contributed by atoms with Gasteiger partial charge in [-0.2, -0.15) is 5.10 Å². The zero-order chi connectivity index (χ0) is 25.7. The number of halogens is 1. The number of benzene rings is 3. The van der Waals surface area contributed by atoms with Crippen molar-refractivity contribution < 1.29 is 4.52 Å². The molecule has 0 spiro atoms. The number of fused-ring (bicyclic) bond motifs is 2. The lowest BCUT2D eigenvalue weighted by molar-refractivity contribution is 0.627. The zero-order valence-corrected chi connectivity index (χ0v) is 24.5. The first-order valence-electron chi connectivity index (χ1n) is 11.9.